The molecule has 26 heavy (non-hydrogen) atoms. The van der Waals surface area contributed by atoms with Crippen molar-refractivity contribution in [1.29, 1.82) is 0 Å². The van der Waals surface area contributed by atoms with Crippen LogP contribution in [0.3, 0.4) is 0 Å². The molecule has 0 spiro atoms. The van der Waals surface area contributed by atoms with Crippen molar-refractivity contribution >= 4 is 29.1 Å². The normalized spacial score (nSPS) is 10.8. The SMILES string of the molecule is COc1ccc(-c2cc(N)c(C(=O)N/N=C\c3cccc(F)c3)s2)cc1. The number of hydrogen-bond donors (Lipinski definition) is 2. The Labute approximate surface area is 153 Å². The van der Waals surface area contributed by atoms with E-state index in [4.69, 9.17) is 10.5 Å². The molecule has 0 aliphatic rings. The predicted octanol–water partition coefficient (Wildman–Crippen LogP) is 3.91. The third-order valence-corrected chi connectivity index (χ3v) is 4.77. The molecule has 0 unspecified atom stereocenters. The first-order chi connectivity index (χ1) is 12.6. The van der Waals surface area contributed by atoms with Gasteiger partial charge in [0.25, 0.3) is 5.91 Å². The molecule has 1 heterocycles. The lowest BCUT2D eigenvalue weighted by atomic mass is 10.2. The highest BCUT2D eigenvalue weighted by Gasteiger charge is 2.15. The van der Waals surface area contributed by atoms with E-state index in [0.29, 0.717) is 16.1 Å². The van der Waals surface area contributed by atoms with E-state index >= 15 is 0 Å². The zero-order chi connectivity index (χ0) is 18.5. The monoisotopic (exact) mass is 369 g/mol. The van der Waals surface area contributed by atoms with Crippen LogP contribution >= 0.6 is 11.3 Å². The van der Waals surface area contributed by atoms with Gasteiger partial charge in [0.2, 0.25) is 0 Å². The maximum absolute atomic E-state index is 13.1. The van der Waals surface area contributed by atoms with Gasteiger partial charge >= 0.3 is 0 Å². The van der Waals surface area contributed by atoms with Crippen molar-refractivity contribution < 1.29 is 13.9 Å². The molecule has 0 fully saturated rings. The Morgan fingerprint density at radius 1 is 1.23 bits per heavy atom. The first-order valence-corrected chi connectivity index (χ1v) is 8.51. The molecule has 1 aromatic heterocycles. The molecule has 2 aromatic carbocycles. The number of methoxy groups -OCH3 is 1. The van der Waals surface area contributed by atoms with Crippen LogP contribution in [0.4, 0.5) is 10.1 Å². The molecular formula is C19H16FN3O2S. The molecule has 0 aliphatic carbocycles. The number of benzene rings is 2. The molecule has 1 amide bonds. The Kier molecular flexibility index (Phi) is 5.28. The summed E-state index contributed by atoms with van der Waals surface area (Å²) in [7, 11) is 1.60. The van der Waals surface area contributed by atoms with Crippen LogP contribution in [0.1, 0.15) is 15.2 Å². The van der Waals surface area contributed by atoms with Crippen LogP contribution in [0.25, 0.3) is 10.4 Å². The second kappa shape index (κ2) is 7.79. The van der Waals surface area contributed by atoms with Gasteiger partial charge in [0.05, 0.1) is 19.0 Å². The lowest BCUT2D eigenvalue weighted by Crippen LogP contribution is -2.17. The quantitative estimate of drug-likeness (QED) is 0.529. The minimum absolute atomic E-state index is 0.368. The highest BCUT2D eigenvalue weighted by Crippen LogP contribution is 2.33. The van der Waals surface area contributed by atoms with Gasteiger partial charge in [0, 0.05) is 4.88 Å². The number of hydrazone groups is 1. The Balaban J connectivity index is 1.72. The summed E-state index contributed by atoms with van der Waals surface area (Å²) in [5.41, 5.74) is 10.2. The van der Waals surface area contributed by atoms with Gasteiger partial charge in [-0.25, -0.2) is 9.82 Å². The van der Waals surface area contributed by atoms with Gasteiger partial charge in [0.15, 0.2) is 0 Å². The van der Waals surface area contributed by atoms with Gasteiger partial charge < -0.3 is 10.5 Å². The average molecular weight is 369 g/mol. The number of nitrogens with one attached hydrogen (secondary N) is 1. The molecule has 0 saturated carbocycles. The molecule has 0 bridgehead atoms. The van der Waals surface area contributed by atoms with Crippen LogP contribution in [-0.4, -0.2) is 19.2 Å². The standard InChI is InChI=1S/C19H16FN3O2S/c1-25-15-7-5-13(6-8-15)17-10-16(21)18(26-17)19(24)23-22-11-12-3-2-4-14(20)9-12/h2-11H,21H2,1H3,(H,23,24)/b22-11-. The first-order valence-electron chi connectivity index (χ1n) is 7.69. The zero-order valence-electron chi connectivity index (χ0n) is 13.9. The number of amides is 1. The number of nitrogens with two attached hydrogens (primary N) is 1. The van der Waals surface area contributed by atoms with Crippen LogP contribution in [0.2, 0.25) is 0 Å². The number of anilines is 1. The van der Waals surface area contributed by atoms with Gasteiger partial charge in [-0.15, -0.1) is 11.3 Å². The van der Waals surface area contributed by atoms with Gasteiger partial charge in [-0.1, -0.05) is 12.1 Å². The number of halogens is 1. The van der Waals surface area contributed by atoms with Crippen molar-refractivity contribution in [2.75, 3.05) is 12.8 Å². The minimum Gasteiger partial charge on any atom is -0.497 e. The van der Waals surface area contributed by atoms with E-state index in [2.05, 4.69) is 10.5 Å². The minimum atomic E-state index is -0.417. The van der Waals surface area contributed by atoms with Crippen molar-refractivity contribution in [3.05, 3.63) is 70.9 Å². The molecule has 7 heteroatoms. The van der Waals surface area contributed by atoms with Crippen LogP contribution in [0.15, 0.2) is 59.7 Å². The number of carbonyl (C=O) groups is 1. The van der Waals surface area contributed by atoms with Gasteiger partial charge in [0.1, 0.15) is 16.4 Å². The summed E-state index contributed by atoms with van der Waals surface area (Å²) in [6.45, 7) is 0. The number of nitrogens with zero attached hydrogens (tertiary/aromatic N) is 1. The molecule has 0 atom stereocenters. The average Bonchev–Trinajstić information content (AvgIpc) is 3.03. The fraction of sp³-hybridized carbons (Fsp3) is 0.0526. The maximum Gasteiger partial charge on any atom is 0.283 e. The molecule has 0 radical (unpaired) electrons. The van der Waals surface area contributed by atoms with Crippen LogP contribution in [0.5, 0.6) is 5.75 Å². The van der Waals surface area contributed by atoms with Gasteiger partial charge in [-0.05, 0) is 53.6 Å². The van der Waals surface area contributed by atoms with Gasteiger partial charge in [-0.3, -0.25) is 4.79 Å². The summed E-state index contributed by atoms with van der Waals surface area (Å²) in [4.78, 5) is 13.5. The first kappa shape index (κ1) is 17.6. The van der Waals surface area contributed by atoms with Crippen LogP contribution in [0, 0.1) is 5.82 Å². The zero-order valence-corrected chi connectivity index (χ0v) is 14.7. The summed E-state index contributed by atoms with van der Waals surface area (Å²) in [5, 5.41) is 3.85. The fourth-order valence-corrected chi connectivity index (χ4v) is 3.26. The highest BCUT2D eigenvalue weighted by molar-refractivity contribution is 7.18. The predicted molar refractivity (Wildman–Crippen MR) is 102 cm³/mol. The smallest absolute Gasteiger partial charge is 0.283 e. The number of ether oxygens (including phenoxy) is 1. The Bertz CT molecular complexity index is 952. The molecule has 3 aromatic rings. The summed E-state index contributed by atoms with van der Waals surface area (Å²) in [5.74, 6) is -0.0326. The van der Waals surface area contributed by atoms with E-state index in [1.807, 2.05) is 24.3 Å². The third-order valence-electron chi connectivity index (χ3n) is 3.57. The number of carbonyl (C=O) groups excluding carboxylic acids is 1. The Morgan fingerprint density at radius 2 is 2.00 bits per heavy atom. The van der Waals surface area contributed by atoms with Crippen LogP contribution < -0.4 is 15.9 Å². The van der Waals surface area contributed by atoms with Crippen LogP contribution in [-0.2, 0) is 0 Å². The van der Waals surface area contributed by atoms with Crippen molar-refractivity contribution in [1.82, 2.24) is 5.43 Å². The highest BCUT2D eigenvalue weighted by atomic mass is 32.1. The molecule has 3 N–H and O–H groups in total. The van der Waals surface area contributed by atoms with E-state index < -0.39 is 5.91 Å². The van der Waals surface area contributed by atoms with Crippen molar-refractivity contribution in [3.63, 3.8) is 0 Å². The fourth-order valence-electron chi connectivity index (χ4n) is 2.28. The van der Waals surface area contributed by atoms with Crippen molar-refractivity contribution in [2.24, 2.45) is 5.10 Å². The summed E-state index contributed by atoms with van der Waals surface area (Å²) < 4.78 is 18.2. The Morgan fingerprint density at radius 3 is 2.69 bits per heavy atom. The largest absolute Gasteiger partial charge is 0.497 e. The number of hydrogen-bond acceptors (Lipinski definition) is 5. The number of thiophene rings is 1. The molecule has 132 valence electrons. The Hall–Kier alpha value is -3.19. The molecule has 0 aliphatic heterocycles. The number of rotatable bonds is 5. The van der Waals surface area contributed by atoms with E-state index in [0.717, 1.165) is 16.2 Å². The number of nitrogen functional groups attached to an aromatic ring is 1. The lowest BCUT2D eigenvalue weighted by molar-refractivity contribution is 0.0960. The second-order valence-corrected chi connectivity index (χ2v) is 6.43. The van der Waals surface area contributed by atoms with Gasteiger partial charge in [-0.2, -0.15) is 5.10 Å². The third kappa shape index (κ3) is 4.07. The molecule has 0 saturated heterocycles. The van der Waals surface area contributed by atoms with E-state index in [9.17, 15) is 9.18 Å². The topological polar surface area (TPSA) is 76.7 Å². The molecule has 5 nitrogen and oxygen atoms in total. The molecular weight excluding hydrogens is 353 g/mol. The second-order valence-electron chi connectivity index (χ2n) is 5.38. The summed E-state index contributed by atoms with van der Waals surface area (Å²) in [6, 6.07) is 15.1. The summed E-state index contributed by atoms with van der Waals surface area (Å²) in [6.07, 6.45) is 1.37. The van der Waals surface area contributed by atoms with E-state index in [1.54, 1.807) is 25.3 Å². The molecule has 3 rings (SSSR count). The van der Waals surface area contributed by atoms with Crippen molar-refractivity contribution in [2.45, 2.75) is 0 Å². The summed E-state index contributed by atoms with van der Waals surface area (Å²) >= 11 is 1.27. The lowest BCUT2D eigenvalue weighted by Gasteiger charge is -2.00. The maximum atomic E-state index is 13.1. The van der Waals surface area contributed by atoms with E-state index in [-0.39, 0.29) is 5.82 Å². The van der Waals surface area contributed by atoms with E-state index in [1.165, 1.54) is 29.7 Å². The van der Waals surface area contributed by atoms with Crippen molar-refractivity contribution in [3.8, 4) is 16.2 Å².